The Morgan fingerprint density at radius 1 is 1.00 bits per heavy atom. The van der Waals surface area contributed by atoms with Crippen molar-refractivity contribution >= 4 is 10.9 Å². The van der Waals surface area contributed by atoms with Crippen molar-refractivity contribution < 1.29 is 5.11 Å². The van der Waals surface area contributed by atoms with Crippen LogP contribution in [-0.4, -0.2) is 10.1 Å². The van der Waals surface area contributed by atoms with Gasteiger partial charge < -0.3 is 10.1 Å². The topological polar surface area (TPSA) is 36.0 Å². The molecule has 0 unspecified atom stereocenters. The summed E-state index contributed by atoms with van der Waals surface area (Å²) in [5.41, 5.74) is 1.64. The Morgan fingerprint density at radius 3 is 2.53 bits per heavy atom. The quantitative estimate of drug-likeness (QED) is 0.718. The molecule has 0 amide bonds. The van der Waals surface area contributed by atoms with Gasteiger partial charge in [0.1, 0.15) is 0 Å². The number of rotatable bonds is 1. The first-order valence-electron chi connectivity index (χ1n) is 6.58. The molecule has 1 aliphatic carbocycles. The van der Waals surface area contributed by atoms with E-state index in [2.05, 4.69) is 29.2 Å². The lowest BCUT2D eigenvalue weighted by molar-refractivity contribution is 0.0208. The van der Waals surface area contributed by atoms with Crippen LogP contribution in [0.2, 0.25) is 0 Å². The van der Waals surface area contributed by atoms with Gasteiger partial charge in [-0.1, -0.05) is 31.7 Å². The Hall–Kier alpha value is -1.28. The van der Waals surface area contributed by atoms with Crippen molar-refractivity contribution in [3.05, 3.63) is 36.0 Å². The molecule has 0 spiro atoms. The maximum atomic E-state index is 10.8. The molecule has 1 fully saturated rings. The molecule has 2 heteroatoms. The smallest absolute Gasteiger partial charge is 0.0896 e. The van der Waals surface area contributed by atoms with E-state index >= 15 is 0 Å². The molecule has 0 bridgehead atoms. The average Bonchev–Trinajstić information content (AvgIpc) is 2.70. The molecule has 2 aromatic rings. The molecule has 0 atom stereocenters. The zero-order valence-electron chi connectivity index (χ0n) is 10.1. The molecular formula is C15H19NO. The van der Waals surface area contributed by atoms with Crippen molar-refractivity contribution in [2.75, 3.05) is 0 Å². The first kappa shape index (κ1) is 10.8. The number of hydrogen-bond acceptors (Lipinski definition) is 1. The molecule has 1 saturated carbocycles. The van der Waals surface area contributed by atoms with Gasteiger partial charge in [0, 0.05) is 11.7 Å². The van der Waals surface area contributed by atoms with Gasteiger partial charge in [0.05, 0.1) is 5.60 Å². The highest BCUT2D eigenvalue weighted by atomic mass is 16.3. The van der Waals surface area contributed by atoms with Crippen molar-refractivity contribution in [1.82, 2.24) is 4.98 Å². The second kappa shape index (κ2) is 4.19. The fourth-order valence-corrected chi connectivity index (χ4v) is 2.94. The normalized spacial score (nSPS) is 20.3. The predicted molar refractivity (Wildman–Crippen MR) is 69.9 cm³/mol. The van der Waals surface area contributed by atoms with E-state index in [9.17, 15) is 5.11 Å². The maximum Gasteiger partial charge on any atom is 0.0896 e. The second-order valence-corrected chi connectivity index (χ2v) is 5.23. The molecule has 2 nitrogen and oxygen atoms in total. The van der Waals surface area contributed by atoms with Crippen LogP contribution in [0.15, 0.2) is 30.5 Å². The van der Waals surface area contributed by atoms with Crippen LogP contribution in [0.1, 0.15) is 44.1 Å². The zero-order chi connectivity index (χ0) is 11.7. The lowest BCUT2D eigenvalue weighted by Crippen LogP contribution is -2.24. The number of aromatic nitrogens is 1. The Labute approximate surface area is 102 Å². The predicted octanol–water partition coefficient (Wildman–Crippen LogP) is 3.71. The van der Waals surface area contributed by atoms with Gasteiger partial charge in [-0.25, -0.2) is 0 Å². The molecule has 0 saturated heterocycles. The summed E-state index contributed by atoms with van der Waals surface area (Å²) in [5, 5.41) is 12.0. The zero-order valence-corrected chi connectivity index (χ0v) is 10.1. The van der Waals surface area contributed by atoms with E-state index in [1.807, 2.05) is 6.20 Å². The summed E-state index contributed by atoms with van der Waals surface area (Å²) in [5.74, 6) is 0. The molecule has 0 aliphatic heterocycles. The Bertz CT molecular complexity index is 506. The number of fused-ring (bicyclic) bond motifs is 1. The van der Waals surface area contributed by atoms with E-state index in [4.69, 9.17) is 0 Å². The third-order valence-corrected chi connectivity index (χ3v) is 4.02. The Kier molecular flexibility index (Phi) is 2.67. The van der Waals surface area contributed by atoms with Gasteiger partial charge >= 0.3 is 0 Å². The fraction of sp³-hybridized carbons (Fsp3) is 0.467. The number of benzene rings is 1. The van der Waals surface area contributed by atoms with Gasteiger partial charge in [-0.3, -0.25) is 0 Å². The summed E-state index contributed by atoms with van der Waals surface area (Å²) in [6.07, 6.45) is 8.56. The van der Waals surface area contributed by atoms with E-state index in [1.54, 1.807) is 0 Å². The minimum Gasteiger partial charge on any atom is -0.385 e. The molecule has 17 heavy (non-hydrogen) atoms. The molecule has 1 aromatic heterocycles. The summed E-state index contributed by atoms with van der Waals surface area (Å²) < 4.78 is 0. The van der Waals surface area contributed by atoms with Gasteiger partial charge in [-0.15, -0.1) is 0 Å². The third kappa shape index (κ3) is 1.98. The van der Waals surface area contributed by atoms with Crippen molar-refractivity contribution in [3.8, 4) is 0 Å². The number of aliphatic hydroxyl groups is 1. The first-order valence-corrected chi connectivity index (χ1v) is 6.58. The highest BCUT2D eigenvalue weighted by molar-refractivity contribution is 5.80. The van der Waals surface area contributed by atoms with Crippen LogP contribution in [-0.2, 0) is 5.60 Å². The number of nitrogens with one attached hydrogen (secondary N) is 1. The van der Waals surface area contributed by atoms with Gasteiger partial charge in [-0.05, 0) is 42.0 Å². The van der Waals surface area contributed by atoms with Gasteiger partial charge in [0.2, 0.25) is 0 Å². The average molecular weight is 229 g/mol. The summed E-state index contributed by atoms with van der Waals surface area (Å²) >= 11 is 0. The molecule has 1 aliphatic rings. The molecular weight excluding hydrogens is 210 g/mol. The number of hydrogen-bond donors (Lipinski definition) is 2. The number of aromatic amines is 1. The summed E-state index contributed by atoms with van der Waals surface area (Å²) in [4.78, 5) is 3.19. The summed E-state index contributed by atoms with van der Waals surface area (Å²) in [7, 11) is 0. The summed E-state index contributed by atoms with van der Waals surface area (Å²) in [6, 6.07) is 8.35. The monoisotopic (exact) mass is 229 g/mol. The van der Waals surface area contributed by atoms with Crippen LogP contribution in [0, 0.1) is 0 Å². The Balaban J connectivity index is 2.00. The molecule has 90 valence electrons. The van der Waals surface area contributed by atoms with Crippen LogP contribution in [0.4, 0.5) is 0 Å². The van der Waals surface area contributed by atoms with Crippen molar-refractivity contribution in [3.63, 3.8) is 0 Å². The van der Waals surface area contributed by atoms with E-state index in [-0.39, 0.29) is 0 Å². The standard InChI is InChI=1S/C15H19NO/c17-15(8-3-1-2-4-9-15)13-5-6-14-12(11-13)7-10-16-14/h5-7,10-11,16-17H,1-4,8-9H2. The van der Waals surface area contributed by atoms with Gasteiger partial charge in [0.15, 0.2) is 0 Å². The van der Waals surface area contributed by atoms with Gasteiger partial charge in [0.25, 0.3) is 0 Å². The minimum absolute atomic E-state index is 0.595. The second-order valence-electron chi connectivity index (χ2n) is 5.23. The van der Waals surface area contributed by atoms with Crippen LogP contribution < -0.4 is 0 Å². The number of H-pyrrole nitrogens is 1. The van der Waals surface area contributed by atoms with E-state index < -0.39 is 5.60 Å². The third-order valence-electron chi connectivity index (χ3n) is 4.02. The van der Waals surface area contributed by atoms with Crippen LogP contribution in [0.5, 0.6) is 0 Å². The first-order chi connectivity index (χ1) is 8.28. The lowest BCUT2D eigenvalue weighted by Gasteiger charge is -2.27. The maximum absolute atomic E-state index is 10.8. The highest BCUT2D eigenvalue weighted by Crippen LogP contribution is 2.36. The van der Waals surface area contributed by atoms with E-state index in [0.717, 1.165) is 36.8 Å². The van der Waals surface area contributed by atoms with E-state index in [1.165, 1.54) is 18.2 Å². The largest absolute Gasteiger partial charge is 0.385 e. The van der Waals surface area contributed by atoms with Gasteiger partial charge in [-0.2, -0.15) is 0 Å². The van der Waals surface area contributed by atoms with E-state index in [0.29, 0.717) is 0 Å². The SMILES string of the molecule is OC1(c2ccc3[nH]ccc3c2)CCCCCC1. The Morgan fingerprint density at radius 2 is 1.76 bits per heavy atom. The van der Waals surface area contributed by atoms with Crippen LogP contribution in [0.3, 0.4) is 0 Å². The molecule has 1 aromatic carbocycles. The van der Waals surface area contributed by atoms with Crippen LogP contribution in [0.25, 0.3) is 10.9 Å². The van der Waals surface area contributed by atoms with Crippen molar-refractivity contribution in [1.29, 1.82) is 0 Å². The fourth-order valence-electron chi connectivity index (χ4n) is 2.94. The lowest BCUT2D eigenvalue weighted by atomic mass is 9.86. The highest BCUT2D eigenvalue weighted by Gasteiger charge is 2.29. The van der Waals surface area contributed by atoms with Crippen molar-refractivity contribution in [2.24, 2.45) is 0 Å². The molecule has 0 radical (unpaired) electrons. The van der Waals surface area contributed by atoms with Crippen LogP contribution >= 0.6 is 0 Å². The minimum atomic E-state index is -0.595. The van der Waals surface area contributed by atoms with Crippen molar-refractivity contribution in [2.45, 2.75) is 44.1 Å². The molecule has 2 N–H and O–H groups in total. The summed E-state index contributed by atoms with van der Waals surface area (Å²) in [6.45, 7) is 0. The molecule has 1 heterocycles. The molecule has 3 rings (SSSR count).